The van der Waals surface area contributed by atoms with Gasteiger partial charge in [0.2, 0.25) is 0 Å². The fourth-order valence-electron chi connectivity index (χ4n) is 2.72. The molecule has 7 heteroatoms. The number of ether oxygens (including phenoxy) is 2. The summed E-state index contributed by atoms with van der Waals surface area (Å²) in [5.74, 6) is 1.25. The van der Waals surface area contributed by atoms with Gasteiger partial charge in [-0.3, -0.25) is 15.6 Å². The van der Waals surface area contributed by atoms with Crippen LogP contribution in [0.2, 0.25) is 10.0 Å². The molecular weight excluding hydrogens is 435 g/mol. The van der Waals surface area contributed by atoms with Crippen LogP contribution in [-0.2, 0) is 6.61 Å². The van der Waals surface area contributed by atoms with E-state index in [4.69, 9.17) is 32.7 Å². The van der Waals surface area contributed by atoms with E-state index in [1.165, 1.54) is 0 Å². The highest BCUT2D eigenvalue weighted by molar-refractivity contribution is 6.35. The number of hydrazine groups is 1. The zero-order valence-electron chi connectivity index (χ0n) is 17.0. The maximum Gasteiger partial charge on any atom is 0.269 e. The minimum Gasteiger partial charge on any atom is -0.494 e. The van der Waals surface area contributed by atoms with Crippen LogP contribution in [0.4, 0.5) is 0 Å². The number of hydrogen-bond acceptors (Lipinski definition) is 4. The van der Waals surface area contributed by atoms with Crippen LogP contribution in [0.5, 0.6) is 11.5 Å². The Labute approximate surface area is 191 Å². The van der Waals surface area contributed by atoms with E-state index in [0.717, 1.165) is 17.1 Å². The van der Waals surface area contributed by atoms with Crippen molar-refractivity contribution < 1.29 is 14.3 Å². The lowest BCUT2D eigenvalue weighted by molar-refractivity contribution is 0.0942. The Morgan fingerprint density at radius 1 is 0.903 bits per heavy atom. The Balaban J connectivity index is 1.50. The third kappa shape index (κ3) is 6.41. The van der Waals surface area contributed by atoms with Crippen molar-refractivity contribution in [2.45, 2.75) is 13.5 Å². The van der Waals surface area contributed by atoms with Crippen molar-refractivity contribution in [3.8, 4) is 11.5 Å². The third-order valence-corrected chi connectivity index (χ3v) is 4.89. The predicted octanol–water partition coefficient (Wildman–Crippen LogP) is 5.88. The minimum absolute atomic E-state index is 0.301. The van der Waals surface area contributed by atoms with Crippen LogP contribution in [0.1, 0.15) is 28.4 Å². The summed E-state index contributed by atoms with van der Waals surface area (Å²) in [6, 6.07) is 19.6. The van der Waals surface area contributed by atoms with Crippen LogP contribution >= 0.6 is 23.2 Å². The standard InChI is InChI=1S/C24H22Cl2N2O3/c1-3-30-20-9-11-21(12-10-20)31-15-17-4-6-18(7-5-17)24(29)28-27-16(2)22-13-8-19(25)14-23(22)26/h4-14,27H,2-3,15H2,1H3,(H,28,29). The molecular formula is C24H22Cl2N2O3. The molecule has 3 aromatic carbocycles. The van der Waals surface area contributed by atoms with E-state index in [1.54, 1.807) is 30.3 Å². The first kappa shape index (κ1) is 22.5. The van der Waals surface area contributed by atoms with Gasteiger partial charge < -0.3 is 9.47 Å². The van der Waals surface area contributed by atoms with Gasteiger partial charge in [0.25, 0.3) is 5.91 Å². The van der Waals surface area contributed by atoms with Gasteiger partial charge in [0, 0.05) is 16.1 Å². The summed E-state index contributed by atoms with van der Waals surface area (Å²) in [6.45, 7) is 6.84. The number of amides is 1. The number of nitrogens with one attached hydrogen (secondary N) is 2. The number of hydrogen-bond donors (Lipinski definition) is 2. The van der Waals surface area contributed by atoms with Gasteiger partial charge in [-0.1, -0.05) is 41.9 Å². The molecule has 3 aromatic rings. The number of rotatable bonds is 9. The summed E-state index contributed by atoms with van der Waals surface area (Å²) in [5.41, 5.74) is 7.92. The molecule has 0 aromatic heterocycles. The quantitative estimate of drug-likeness (QED) is 0.394. The van der Waals surface area contributed by atoms with E-state index in [1.807, 2.05) is 43.3 Å². The van der Waals surface area contributed by atoms with E-state index in [0.29, 0.717) is 40.1 Å². The van der Waals surface area contributed by atoms with Gasteiger partial charge in [0.05, 0.1) is 17.3 Å². The monoisotopic (exact) mass is 456 g/mol. The Kier molecular flexibility index (Phi) is 7.82. The average Bonchev–Trinajstić information content (AvgIpc) is 2.77. The number of carbonyl (C=O) groups excluding carboxylic acids is 1. The van der Waals surface area contributed by atoms with Gasteiger partial charge in [0.15, 0.2) is 0 Å². The lowest BCUT2D eigenvalue weighted by Crippen LogP contribution is -2.35. The first-order valence-electron chi connectivity index (χ1n) is 9.61. The SMILES string of the molecule is C=C(NNC(=O)c1ccc(COc2ccc(OCC)cc2)cc1)c1ccc(Cl)cc1Cl. The normalized spacial score (nSPS) is 10.3. The topological polar surface area (TPSA) is 59.6 Å². The summed E-state index contributed by atoms with van der Waals surface area (Å²) >= 11 is 12.1. The largest absolute Gasteiger partial charge is 0.494 e. The van der Waals surface area contributed by atoms with Crippen LogP contribution < -0.4 is 20.3 Å². The molecule has 0 saturated carbocycles. The van der Waals surface area contributed by atoms with Gasteiger partial charge in [-0.15, -0.1) is 0 Å². The molecule has 0 radical (unpaired) electrons. The van der Waals surface area contributed by atoms with E-state index in [2.05, 4.69) is 17.4 Å². The fraction of sp³-hybridized carbons (Fsp3) is 0.125. The van der Waals surface area contributed by atoms with Gasteiger partial charge >= 0.3 is 0 Å². The molecule has 5 nitrogen and oxygen atoms in total. The molecule has 3 rings (SSSR count). The van der Waals surface area contributed by atoms with Crippen molar-refractivity contribution in [2.75, 3.05) is 6.61 Å². The molecule has 0 aliphatic rings. The van der Waals surface area contributed by atoms with Crippen molar-refractivity contribution in [1.82, 2.24) is 10.9 Å². The smallest absolute Gasteiger partial charge is 0.269 e. The fourth-order valence-corrected chi connectivity index (χ4v) is 3.25. The van der Waals surface area contributed by atoms with Crippen LogP contribution in [0, 0.1) is 0 Å². The molecule has 31 heavy (non-hydrogen) atoms. The van der Waals surface area contributed by atoms with Gasteiger partial charge in [-0.25, -0.2) is 0 Å². The zero-order chi connectivity index (χ0) is 22.2. The molecule has 1 amide bonds. The van der Waals surface area contributed by atoms with E-state index >= 15 is 0 Å². The summed E-state index contributed by atoms with van der Waals surface area (Å²) in [4.78, 5) is 12.4. The van der Waals surface area contributed by atoms with Crippen molar-refractivity contribution in [2.24, 2.45) is 0 Å². The van der Waals surface area contributed by atoms with Crippen molar-refractivity contribution >= 4 is 34.8 Å². The Morgan fingerprint density at radius 2 is 1.55 bits per heavy atom. The molecule has 0 unspecified atom stereocenters. The van der Waals surface area contributed by atoms with Crippen molar-refractivity contribution in [3.05, 3.63) is 100 Å². The highest BCUT2D eigenvalue weighted by Gasteiger charge is 2.09. The number of halogens is 2. The first-order chi connectivity index (χ1) is 15.0. The molecule has 2 N–H and O–H groups in total. The van der Waals surface area contributed by atoms with Gasteiger partial charge in [0.1, 0.15) is 18.1 Å². The number of benzene rings is 3. The predicted molar refractivity (Wildman–Crippen MR) is 124 cm³/mol. The molecule has 0 aliphatic heterocycles. The average molecular weight is 457 g/mol. The summed E-state index contributed by atoms with van der Waals surface area (Å²) in [6.07, 6.45) is 0. The van der Waals surface area contributed by atoms with E-state index < -0.39 is 0 Å². The summed E-state index contributed by atoms with van der Waals surface area (Å²) in [5, 5.41) is 0.966. The maximum absolute atomic E-state index is 12.4. The van der Waals surface area contributed by atoms with E-state index in [9.17, 15) is 4.79 Å². The lowest BCUT2D eigenvalue weighted by atomic mass is 10.1. The maximum atomic E-state index is 12.4. The van der Waals surface area contributed by atoms with Crippen molar-refractivity contribution in [3.63, 3.8) is 0 Å². The van der Waals surface area contributed by atoms with Crippen LogP contribution in [-0.4, -0.2) is 12.5 Å². The Bertz CT molecular complexity index is 1050. The van der Waals surface area contributed by atoms with Gasteiger partial charge in [-0.05, 0) is 67.1 Å². The summed E-state index contributed by atoms with van der Waals surface area (Å²) in [7, 11) is 0. The Hall–Kier alpha value is -3.15. The second-order valence-corrected chi connectivity index (χ2v) is 7.42. The highest BCUT2D eigenvalue weighted by Crippen LogP contribution is 2.24. The molecule has 0 bridgehead atoms. The third-order valence-electron chi connectivity index (χ3n) is 4.34. The van der Waals surface area contributed by atoms with Crippen molar-refractivity contribution in [1.29, 1.82) is 0 Å². The zero-order valence-corrected chi connectivity index (χ0v) is 18.5. The van der Waals surface area contributed by atoms with Crippen LogP contribution in [0.25, 0.3) is 5.70 Å². The second kappa shape index (κ2) is 10.8. The first-order valence-corrected chi connectivity index (χ1v) is 10.4. The molecule has 0 atom stereocenters. The Morgan fingerprint density at radius 3 is 2.16 bits per heavy atom. The van der Waals surface area contributed by atoms with Crippen LogP contribution in [0.3, 0.4) is 0 Å². The molecule has 0 aliphatic carbocycles. The van der Waals surface area contributed by atoms with Gasteiger partial charge in [-0.2, -0.15) is 0 Å². The summed E-state index contributed by atoms with van der Waals surface area (Å²) < 4.78 is 11.2. The highest BCUT2D eigenvalue weighted by atomic mass is 35.5. The molecule has 0 saturated heterocycles. The van der Waals surface area contributed by atoms with Crippen LogP contribution in [0.15, 0.2) is 73.3 Å². The molecule has 0 heterocycles. The molecule has 0 fully saturated rings. The minimum atomic E-state index is -0.301. The lowest BCUT2D eigenvalue weighted by Gasteiger charge is -2.13. The molecule has 0 spiro atoms. The number of carbonyl (C=O) groups is 1. The molecule has 160 valence electrons. The van der Waals surface area contributed by atoms with E-state index in [-0.39, 0.29) is 5.91 Å². The second-order valence-electron chi connectivity index (χ2n) is 6.57.